The van der Waals surface area contributed by atoms with Crippen LogP contribution in [-0.2, 0) is 4.79 Å². The number of rotatable bonds is 3. The first kappa shape index (κ1) is 10.9. The van der Waals surface area contributed by atoms with E-state index in [4.69, 9.17) is 0 Å². The number of carbonyl (C=O) groups excluding carboxylic acids is 1. The summed E-state index contributed by atoms with van der Waals surface area (Å²) in [4.78, 5) is 13.6. The van der Waals surface area contributed by atoms with Gasteiger partial charge in [-0.25, -0.2) is 0 Å². The minimum Gasteiger partial charge on any atom is -0.341 e. The molecular formula is C9H18N2OS. The molecule has 0 bridgehead atoms. The predicted octanol–water partition coefficient (Wildman–Crippen LogP) is 0.561. The van der Waals surface area contributed by atoms with Crippen molar-refractivity contribution in [2.24, 2.45) is 0 Å². The van der Waals surface area contributed by atoms with Crippen molar-refractivity contribution in [2.45, 2.75) is 12.8 Å². The Morgan fingerprint density at radius 2 is 2.31 bits per heavy atom. The molecule has 0 spiro atoms. The van der Waals surface area contributed by atoms with Crippen LogP contribution >= 0.6 is 11.8 Å². The largest absolute Gasteiger partial charge is 0.341 e. The smallest absolute Gasteiger partial charge is 0.223 e. The lowest BCUT2D eigenvalue weighted by Gasteiger charge is -2.19. The molecule has 1 heterocycles. The molecule has 0 radical (unpaired) electrons. The molecule has 76 valence electrons. The highest BCUT2D eigenvalue weighted by molar-refractivity contribution is 7.98. The summed E-state index contributed by atoms with van der Waals surface area (Å²) in [5, 5.41) is 3.29. The van der Waals surface area contributed by atoms with Crippen LogP contribution in [0, 0.1) is 0 Å². The molecule has 0 aromatic heterocycles. The Balaban J connectivity index is 2.26. The van der Waals surface area contributed by atoms with E-state index in [1.165, 1.54) is 0 Å². The molecule has 0 aromatic carbocycles. The van der Waals surface area contributed by atoms with E-state index in [-0.39, 0.29) is 0 Å². The first-order valence-corrected chi connectivity index (χ1v) is 6.21. The number of thioether (sulfide) groups is 1. The Kier molecular flexibility index (Phi) is 5.23. The monoisotopic (exact) mass is 202 g/mol. The molecule has 1 fully saturated rings. The molecule has 1 N–H and O–H groups in total. The van der Waals surface area contributed by atoms with Crippen LogP contribution in [0.25, 0.3) is 0 Å². The minimum atomic E-state index is 0.318. The highest BCUT2D eigenvalue weighted by Gasteiger charge is 2.13. The molecule has 0 atom stereocenters. The molecule has 0 unspecified atom stereocenters. The number of carbonyl (C=O) groups is 1. The van der Waals surface area contributed by atoms with Gasteiger partial charge in [-0.05, 0) is 19.2 Å². The van der Waals surface area contributed by atoms with Gasteiger partial charge in [-0.2, -0.15) is 11.8 Å². The van der Waals surface area contributed by atoms with Crippen molar-refractivity contribution in [1.82, 2.24) is 10.2 Å². The maximum Gasteiger partial charge on any atom is 0.223 e. The Morgan fingerprint density at radius 3 is 3.08 bits per heavy atom. The Hall–Kier alpha value is -0.220. The van der Waals surface area contributed by atoms with E-state index in [0.717, 1.165) is 38.4 Å². The standard InChI is InChI=1S/C9H18N2OS/c1-13-8-3-9(12)11-6-2-4-10-5-7-11/h10H,2-8H2,1H3. The second kappa shape index (κ2) is 6.27. The molecule has 1 rings (SSSR count). The zero-order valence-corrected chi connectivity index (χ0v) is 9.03. The summed E-state index contributed by atoms with van der Waals surface area (Å²) in [5.41, 5.74) is 0. The molecule has 4 heteroatoms. The van der Waals surface area contributed by atoms with E-state index >= 15 is 0 Å². The SMILES string of the molecule is CSCCC(=O)N1CCCNCC1. The number of nitrogens with zero attached hydrogens (tertiary/aromatic N) is 1. The van der Waals surface area contributed by atoms with Crippen LogP contribution in [0.15, 0.2) is 0 Å². The van der Waals surface area contributed by atoms with Gasteiger partial charge in [0.15, 0.2) is 0 Å². The van der Waals surface area contributed by atoms with Gasteiger partial charge in [0.25, 0.3) is 0 Å². The maximum atomic E-state index is 11.6. The molecule has 1 amide bonds. The lowest BCUT2D eigenvalue weighted by molar-refractivity contribution is -0.130. The predicted molar refractivity (Wildman–Crippen MR) is 57.1 cm³/mol. The summed E-state index contributed by atoms with van der Waals surface area (Å²) in [6.07, 6.45) is 3.82. The van der Waals surface area contributed by atoms with Crippen molar-refractivity contribution in [2.75, 3.05) is 38.2 Å². The van der Waals surface area contributed by atoms with Gasteiger partial charge in [0, 0.05) is 31.8 Å². The molecule has 13 heavy (non-hydrogen) atoms. The quantitative estimate of drug-likeness (QED) is 0.726. The van der Waals surface area contributed by atoms with Crippen molar-refractivity contribution in [3.8, 4) is 0 Å². The molecular weight excluding hydrogens is 184 g/mol. The number of nitrogens with one attached hydrogen (secondary N) is 1. The molecule has 0 saturated carbocycles. The molecule has 0 aromatic rings. The molecule has 1 aliphatic heterocycles. The van der Waals surface area contributed by atoms with E-state index in [2.05, 4.69) is 5.32 Å². The first-order chi connectivity index (χ1) is 6.34. The fourth-order valence-corrected chi connectivity index (χ4v) is 1.82. The van der Waals surface area contributed by atoms with E-state index in [1.807, 2.05) is 11.2 Å². The average Bonchev–Trinajstić information content (AvgIpc) is 2.42. The van der Waals surface area contributed by atoms with Gasteiger partial charge < -0.3 is 10.2 Å². The third-order valence-corrected chi connectivity index (χ3v) is 2.83. The zero-order valence-electron chi connectivity index (χ0n) is 8.21. The second-order valence-electron chi connectivity index (χ2n) is 3.23. The summed E-state index contributed by atoms with van der Waals surface area (Å²) in [6, 6.07) is 0. The minimum absolute atomic E-state index is 0.318. The van der Waals surface area contributed by atoms with E-state index in [1.54, 1.807) is 11.8 Å². The molecule has 0 aliphatic carbocycles. The van der Waals surface area contributed by atoms with Crippen molar-refractivity contribution in [3.05, 3.63) is 0 Å². The van der Waals surface area contributed by atoms with Gasteiger partial charge >= 0.3 is 0 Å². The normalized spacial score (nSPS) is 18.4. The highest BCUT2D eigenvalue weighted by Crippen LogP contribution is 2.02. The summed E-state index contributed by atoms with van der Waals surface area (Å²) in [6.45, 7) is 3.81. The topological polar surface area (TPSA) is 32.3 Å². The van der Waals surface area contributed by atoms with E-state index in [0.29, 0.717) is 12.3 Å². The third kappa shape index (κ3) is 4.00. The number of hydrogen-bond donors (Lipinski definition) is 1. The summed E-state index contributed by atoms with van der Waals surface area (Å²) in [7, 11) is 0. The van der Waals surface area contributed by atoms with Crippen molar-refractivity contribution in [3.63, 3.8) is 0 Å². The number of hydrogen-bond acceptors (Lipinski definition) is 3. The maximum absolute atomic E-state index is 11.6. The Labute approximate surface area is 84.2 Å². The van der Waals surface area contributed by atoms with Crippen LogP contribution in [0.4, 0.5) is 0 Å². The fraction of sp³-hybridized carbons (Fsp3) is 0.889. The van der Waals surface area contributed by atoms with Gasteiger partial charge in [-0.1, -0.05) is 0 Å². The number of amides is 1. The van der Waals surface area contributed by atoms with Crippen LogP contribution < -0.4 is 5.32 Å². The van der Waals surface area contributed by atoms with Crippen molar-refractivity contribution < 1.29 is 4.79 Å². The fourth-order valence-electron chi connectivity index (χ4n) is 1.44. The third-order valence-electron chi connectivity index (χ3n) is 2.21. The van der Waals surface area contributed by atoms with Crippen LogP contribution in [0.2, 0.25) is 0 Å². The zero-order chi connectivity index (χ0) is 9.52. The summed E-state index contributed by atoms with van der Waals surface area (Å²) < 4.78 is 0. The van der Waals surface area contributed by atoms with Gasteiger partial charge in [0.2, 0.25) is 5.91 Å². The summed E-state index contributed by atoms with van der Waals surface area (Å²) >= 11 is 1.74. The van der Waals surface area contributed by atoms with Crippen molar-refractivity contribution in [1.29, 1.82) is 0 Å². The van der Waals surface area contributed by atoms with Gasteiger partial charge in [0.1, 0.15) is 0 Å². The molecule has 1 saturated heterocycles. The lowest BCUT2D eigenvalue weighted by Crippen LogP contribution is -2.34. The Morgan fingerprint density at radius 1 is 1.46 bits per heavy atom. The average molecular weight is 202 g/mol. The van der Waals surface area contributed by atoms with Gasteiger partial charge in [0.05, 0.1) is 0 Å². The van der Waals surface area contributed by atoms with Gasteiger partial charge in [-0.15, -0.1) is 0 Å². The van der Waals surface area contributed by atoms with Gasteiger partial charge in [-0.3, -0.25) is 4.79 Å². The van der Waals surface area contributed by atoms with E-state index < -0.39 is 0 Å². The van der Waals surface area contributed by atoms with Crippen LogP contribution in [-0.4, -0.2) is 49.0 Å². The Bertz CT molecular complexity index is 156. The van der Waals surface area contributed by atoms with Crippen molar-refractivity contribution >= 4 is 17.7 Å². The molecule has 3 nitrogen and oxygen atoms in total. The van der Waals surface area contributed by atoms with Crippen LogP contribution in [0.5, 0.6) is 0 Å². The van der Waals surface area contributed by atoms with E-state index in [9.17, 15) is 4.79 Å². The second-order valence-corrected chi connectivity index (χ2v) is 4.21. The van der Waals surface area contributed by atoms with Crippen LogP contribution in [0.3, 0.4) is 0 Å². The highest BCUT2D eigenvalue weighted by atomic mass is 32.2. The lowest BCUT2D eigenvalue weighted by atomic mass is 10.3. The summed E-state index contributed by atoms with van der Waals surface area (Å²) in [5.74, 6) is 1.26. The van der Waals surface area contributed by atoms with Crippen LogP contribution in [0.1, 0.15) is 12.8 Å². The molecule has 1 aliphatic rings. The first-order valence-electron chi connectivity index (χ1n) is 4.82.